The van der Waals surface area contributed by atoms with Gasteiger partial charge in [-0.05, 0) is 30.7 Å². The van der Waals surface area contributed by atoms with Crippen molar-refractivity contribution in [1.29, 1.82) is 0 Å². The number of halogens is 3. The van der Waals surface area contributed by atoms with Gasteiger partial charge < -0.3 is 19.1 Å². The fraction of sp³-hybridized carbons (Fsp3) is 0.375. The number of aromatic nitrogens is 3. The molecule has 1 aromatic carbocycles. The van der Waals surface area contributed by atoms with E-state index in [1.165, 1.54) is 6.07 Å². The van der Waals surface area contributed by atoms with Crippen LogP contribution >= 0.6 is 0 Å². The first-order chi connectivity index (χ1) is 16.7. The van der Waals surface area contributed by atoms with Crippen molar-refractivity contribution in [2.45, 2.75) is 44.3 Å². The molecule has 2 fully saturated rings. The van der Waals surface area contributed by atoms with Crippen LogP contribution in [0, 0.1) is 6.92 Å². The third-order valence-electron chi connectivity index (χ3n) is 6.76. The van der Waals surface area contributed by atoms with Crippen LogP contribution in [0.25, 0.3) is 0 Å². The lowest BCUT2D eigenvalue weighted by atomic mass is 10.0. The highest BCUT2D eigenvalue weighted by molar-refractivity contribution is 5.59. The summed E-state index contributed by atoms with van der Waals surface area (Å²) in [5, 5.41) is 0. The molecule has 2 atom stereocenters. The molecule has 11 heteroatoms. The molecular weight excluding hydrogens is 465 g/mol. The number of benzene rings is 1. The van der Waals surface area contributed by atoms with E-state index < -0.39 is 11.9 Å². The summed E-state index contributed by atoms with van der Waals surface area (Å²) in [6.07, 6.45) is -2.38. The second-order valence-electron chi connectivity index (χ2n) is 9.12. The van der Waals surface area contributed by atoms with E-state index >= 15 is 0 Å². The third kappa shape index (κ3) is 3.70. The van der Waals surface area contributed by atoms with Gasteiger partial charge in [0.1, 0.15) is 29.6 Å². The largest absolute Gasteiger partial charge is 0.472 e. The Labute approximate surface area is 197 Å². The number of fused-ring (bicyclic) bond motifs is 3. The average Bonchev–Trinajstić information content (AvgIpc) is 3.49. The fourth-order valence-electron chi connectivity index (χ4n) is 5.14. The molecule has 0 radical (unpaired) electrons. The zero-order valence-electron chi connectivity index (χ0n) is 18.7. The Hall–Kier alpha value is -3.60. The van der Waals surface area contributed by atoms with E-state index in [0.717, 1.165) is 42.2 Å². The second-order valence-corrected chi connectivity index (χ2v) is 9.12. The van der Waals surface area contributed by atoms with Crippen LogP contribution < -0.4 is 20.1 Å². The molecule has 182 valence electrons. The van der Waals surface area contributed by atoms with Gasteiger partial charge in [-0.15, -0.1) is 0 Å². The smallest absolute Gasteiger partial charge is 0.433 e. The summed E-state index contributed by atoms with van der Waals surface area (Å²) in [6, 6.07) is 8.95. The quantitative estimate of drug-likeness (QED) is 0.544. The van der Waals surface area contributed by atoms with Crippen LogP contribution in [0.5, 0.6) is 17.4 Å². The number of hydrogen-bond acceptors (Lipinski definition) is 7. The Balaban J connectivity index is 1.16. The molecular formula is C24H21F3N4O4. The van der Waals surface area contributed by atoms with Crippen LogP contribution in [0.4, 0.5) is 19.0 Å². The lowest BCUT2D eigenvalue weighted by Gasteiger charge is -2.32. The fourth-order valence-corrected chi connectivity index (χ4v) is 5.14. The minimum atomic E-state index is -4.55. The Bertz CT molecular complexity index is 1360. The summed E-state index contributed by atoms with van der Waals surface area (Å²) in [5.74, 6) is 1.55. The maximum atomic E-state index is 12.8. The van der Waals surface area contributed by atoms with Crippen molar-refractivity contribution in [1.82, 2.24) is 14.5 Å². The van der Waals surface area contributed by atoms with Gasteiger partial charge in [0.2, 0.25) is 5.88 Å². The van der Waals surface area contributed by atoms with E-state index in [1.807, 2.05) is 6.92 Å². The molecule has 0 amide bonds. The van der Waals surface area contributed by atoms with Crippen LogP contribution in [0.2, 0.25) is 0 Å². The summed E-state index contributed by atoms with van der Waals surface area (Å²) in [7, 11) is 0. The number of pyridine rings is 1. The molecule has 0 N–H and O–H groups in total. The van der Waals surface area contributed by atoms with Gasteiger partial charge in [0.05, 0.1) is 30.4 Å². The van der Waals surface area contributed by atoms with E-state index in [-0.39, 0.29) is 29.7 Å². The topological polar surface area (TPSA) is 78.7 Å². The SMILES string of the molecule is Cc1c(OCc2ccc(Oc3ccnc(C(F)(F)F)c3)cc2)nc(=O)n2c1N1C[C@@H]3C[C@]1(CO3)C2. The lowest BCUT2D eigenvalue weighted by molar-refractivity contribution is -0.141. The van der Waals surface area contributed by atoms with Crippen LogP contribution in [0.3, 0.4) is 0 Å². The van der Waals surface area contributed by atoms with Crippen molar-refractivity contribution in [2.24, 2.45) is 0 Å². The highest BCUT2D eigenvalue weighted by atomic mass is 19.4. The highest BCUT2D eigenvalue weighted by Crippen LogP contribution is 2.48. The number of ether oxygens (including phenoxy) is 3. The summed E-state index contributed by atoms with van der Waals surface area (Å²) in [6.45, 7) is 4.02. The summed E-state index contributed by atoms with van der Waals surface area (Å²) >= 11 is 0. The van der Waals surface area contributed by atoms with Gasteiger partial charge in [-0.25, -0.2) is 4.79 Å². The highest BCUT2D eigenvalue weighted by Gasteiger charge is 2.57. The molecule has 2 bridgehead atoms. The first-order valence-corrected chi connectivity index (χ1v) is 11.2. The van der Waals surface area contributed by atoms with E-state index in [0.29, 0.717) is 24.8 Å². The number of alkyl halides is 3. The third-order valence-corrected chi connectivity index (χ3v) is 6.76. The van der Waals surface area contributed by atoms with Crippen molar-refractivity contribution in [2.75, 3.05) is 18.1 Å². The van der Waals surface area contributed by atoms with E-state index in [1.54, 1.807) is 28.8 Å². The standard InChI is InChI=1S/C24H21F3N4O4/c1-14-20(29-22(32)30-12-23-9-18(34-13-23)10-31(23)21(14)30)33-11-15-2-4-16(5-3-15)35-17-6-7-28-19(8-17)24(25,26)27/h2-8,18H,9-13H2,1H3/t18-,23+/m0/s1. The van der Waals surface area contributed by atoms with E-state index in [2.05, 4.69) is 14.9 Å². The first-order valence-electron chi connectivity index (χ1n) is 11.2. The predicted octanol–water partition coefficient (Wildman–Crippen LogP) is 3.70. The van der Waals surface area contributed by atoms with Crippen LogP contribution in [-0.4, -0.2) is 39.3 Å². The second kappa shape index (κ2) is 7.70. The molecule has 1 spiro atoms. The molecule has 0 aliphatic carbocycles. The van der Waals surface area contributed by atoms with Gasteiger partial charge in [0, 0.05) is 25.2 Å². The normalized spacial score (nSPS) is 22.3. The van der Waals surface area contributed by atoms with Crippen molar-refractivity contribution in [3.63, 3.8) is 0 Å². The molecule has 6 rings (SSSR count). The molecule has 35 heavy (non-hydrogen) atoms. The van der Waals surface area contributed by atoms with Gasteiger partial charge in [0.25, 0.3) is 0 Å². The summed E-state index contributed by atoms with van der Waals surface area (Å²) < 4.78 is 57.5. The van der Waals surface area contributed by atoms with Gasteiger partial charge in [-0.3, -0.25) is 9.55 Å². The molecule has 2 saturated heterocycles. The van der Waals surface area contributed by atoms with E-state index in [4.69, 9.17) is 14.2 Å². The molecule has 2 aromatic heterocycles. The average molecular weight is 486 g/mol. The van der Waals surface area contributed by atoms with Crippen molar-refractivity contribution in [3.8, 4) is 17.4 Å². The van der Waals surface area contributed by atoms with Crippen LogP contribution in [0.1, 0.15) is 23.2 Å². The Morgan fingerprint density at radius 2 is 2.00 bits per heavy atom. The molecule has 3 aliphatic heterocycles. The predicted molar refractivity (Wildman–Crippen MR) is 118 cm³/mol. The Morgan fingerprint density at radius 1 is 1.20 bits per heavy atom. The zero-order chi connectivity index (χ0) is 24.4. The van der Waals surface area contributed by atoms with E-state index in [9.17, 15) is 18.0 Å². The summed E-state index contributed by atoms with van der Waals surface area (Å²) in [4.78, 5) is 22.5. The number of hydrogen-bond donors (Lipinski definition) is 0. The monoisotopic (exact) mass is 486 g/mol. The molecule has 5 heterocycles. The van der Waals surface area contributed by atoms with Gasteiger partial charge >= 0.3 is 11.9 Å². The number of anilines is 1. The molecule has 8 nitrogen and oxygen atoms in total. The van der Waals surface area contributed by atoms with Crippen molar-refractivity contribution in [3.05, 3.63) is 69.9 Å². The minimum Gasteiger partial charge on any atom is -0.472 e. The number of rotatable bonds is 5. The first kappa shape index (κ1) is 21.9. The molecule has 0 unspecified atom stereocenters. The number of morpholine rings is 1. The minimum absolute atomic E-state index is 0.0357. The van der Waals surface area contributed by atoms with Crippen LogP contribution in [-0.2, 0) is 24.1 Å². The molecule has 0 saturated carbocycles. The zero-order valence-corrected chi connectivity index (χ0v) is 18.7. The van der Waals surface area contributed by atoms with Gasteiger partial charge in [-0.1, -0.05) is 12.1 Å². The molecule has 3 aromatic rings. The number of nitrogens with zero attached hydrogens (tertiary/aromatic N) is 4. The maximum absolute atomic E-state index is 12.8. The van der Waals surface area contributed by atoms with Gasteiger partial charge in [0.15, 0.2) is 0 Å². The Morgan fingerprint density at radius 3 is 2.74 bits per heavy atom. The Kier molecular flexibility index (Phi) is 4.82. The summed E-state index contributed by atoms with van der Waals surface area (Å²) in [5.41, 5.74) is 0.0792. The van der Waals surface area contributed by atoms with Crippen molar-refractivity contribution < 1.29 is 27.4 Å². The lowest BCUT2D eigenvalue weighted by Crippen LogP contribution is -2.46. The molecule has 3 aliphatic rings. The van der Waals surface area contributed by atoms with Gasteiger partial charge in [-0.2, -0.15) is 18.2 Å². The van der Waals surface area contributed by atoms with Crippen LogP contribution in [0.15, 0.2) is 47.4 Å². The van der Waals surface area contributed by atoms with Crippen molar-refractivity contribution >= 4 is 5.82 Å². The maximum Gasteiger partial charge on any atom is 0.433 e.